The Labute approximate surface area is 189 Å². The number of hydrogen-bond donors (Lipinski definition) is 4. The summed E-state index contributed by atoms with van der Waals surface area (Å²) in [7, 11) is -13.2. The van der Waals surface area contributed by atoms with E-state index in [-0.39, 0.29) is 11.5 Å². The van der Waals surface area contributed by atoms with Crippen LogP contribution in [0.5, 0.6) is 0 Å². The van der Waals surface area contributed by atoms with E-state index in [0.29, 0.717) is 12.3 Å². The van der Waals surface area contributed by atoms with Gasteiger partial charge in [-0.15, -0.1) is 0 Å². The van der Waals surface area contributed by atoms with Gasteiger partial charge in [-0.05, 0) is 31.9 Å². The number of ether oxygens (including phenoxy) is 2. The summed E-state index contributed by atoms with van der Waals surface area (Å²) in [4.78, 5) is 36.2. The summed E-state index contributed by atoms with van der Waals surface area (Å²) in [5.41, 5.74) is -0.178. The molecule has 3 unspecified atom stereocenters. The molecule has 2 rings (SSSR count). The predicted molar refractivity (Wildman–Crippen MR) is 115 cm³/mol. The lowest BCUT2D eigenvalue weighted by molar-refractivity contribution is -0.0608. The molecule has 0 radical (unpaired) electrons. The smallest absolute Gasteiger partial charge is 0.369 e. The lowest BCUT2D eigenvalue weighted by atomic mass is 9.84. The molecule has 0 spiro atoms. The SMILES string of the molecule is CSS[C@H](C)O[C@@H]1C[C@H](C2CCCCC2)OC1COP(=O)(O)OP(=O)(O)OP(=O)(O)O. The molecule has 0 bridgehead atoms. The third kappa shape index (κ3) is 10.4. The van der Waals surface area contributed by atoms with Crippen LogP contribution < -0.4 is 0 Å². The van der Waals surface area contributed by atoms with Crippen LogP contribution in [-0.4, -0.2) is 56.2 Å². The molecule has 0 aromatic rings. The monoisotopic (exact) mass is 546 g/mol. The maximum absolute atomic E-state index is 12.0. The second-order valence-corrected chi connectivity index (χ2v) is 14.4. The molecule has 31 heavy (non-hydrogen) atoms. The van der Waals surface area contributed by atoms with Gasteiger partial charge in [0.1, 0.15) is 11.5 Å². The molecule has 1 aliphatic heterocycles. The zero-order valence-electron chi connectivity index (χ0n) is 17.0. The predicted octanol–water partition coefficient (Wildman–Crippen LogP) is 3.81. The van der Waals surface area contributed by atoms with E-state index in [1.165, 1.54) is 28.0 Å². The first-order valence-corrected chi connectivity index (χ1v) is 16.7. The average molecular weight is 546 g/mol. The Morgan fingerprint density at radius 3 is 2.26 bits per heavy atom. The zero-order chi connectivity index (χ0) is 23.3. The Hall–Kier alpha value is 1.03. The van der Waals surface area contributed by atoms with E-state index >= 15 is 0 Å². The fraction of sp³-hybridized carbons (Fsp3) is 1.00. The number of rotatable bonds is 12. The molecule has 12 nitrogen and oxygen atoms in total. The van der Waals surface area contributed by atoms with Crippen LogP contribution in [0.4, 0.5) is 0 Å². The van der Waals surface area contributed by atoms with Crippen LogP contribution in [0.15, 0.2) is 0 Å². The number of phosphoric ester groups is 1. The highest BCUT2D eigenvalue weighted by atomic mass is 33.1. The minimum Gasteiger partial charge on any atom is -0.369 e. The van der Waals surface area contributed by atoms with Gasteiger partial charge in [0.15, 0.2) is 0 Å². The number of phosphoric acid groups is 3. The standard InChI is InChI=1S/C14H29O12P3S2/c1-10(31-30-2)23-13-8-12(11-6-4-3-5-7-11)24-14(13)9-22-28(18,19)26-29(20,21)25-27(15,16)17/h10-14H,3-9H2,1-2H3,(H,18,19)(H,20,21)(H2,15,16,17)/t10-,12-,13-,14?/m1/s1. The van der Waals surface area contributed by atoms with Crippen molar-refractivity contribution in [3.05, 3.63) is 0 Å². The van der Waals surface area contributed by atoms with Gasteiger partial charge < -0.3 is 29.0 Å². The molecular weight excluding hydrogens is 517 g/mol. The van der Waals surface area contributed by atoms with Crippen molar-refractivity contribution in [1.82, 2.24) is 0 Å². The molecule has 2 fully saturated rings. The highest BCUT2D eigenvalue weighted by Crippen LogP contribution is 2.66. The summed E-state index contributed by atoms with van der Waals surface area (Å²) < 4.78 is 58.5. The summed E-state index contributed by atoms with van der Waals surface area (Å²) in [6, 6.07) is 0. The Balaban J connectivity index is 1.99. The molecular formula is C14H29O12P3S2. The normalized spacial score (nSPS) is 30.6. The first-order valence-electron chi connectivity index (χ1n) is 9.59. The Bertz CT molecular complexity index is 715. The van der Waals surface area contributed by atoms with E-state index in [1.54, 1.807) is 0 Å². The summed E-state index contributed by atoms with van der Waals surface area (Å²) >= 11 is 0. The fourth-order valence-corrected chi connectivity index (χ4v) is 8.16. The van der Waals surface area contributed by atoms with E-state index in [9.17, 15) is 23.5 Å². The van der Waals surface area contributed by atoms with Crippen LogP contribution >= 0.6 is 45.1 Å². The first-order chi connectivity index (χ1) is 14.3. The topological polar surface area (TPSA) is 178 Å². The van der Waals surface area contributed by atoms with E-state index in [2.05, 4.69) is 8.62 Å². The molecule has 1 heterocycles. The van der Waals surface area contributed by atoms with Crippen molar-refractivity contribution in [2.24, 2.45) is 5.92 Å². The second-order valence-electron chi connectivity index (χ2n) is 7.24. The van der Waals surface area contributed by atoms with Crippen LogP contribution in [0.25, 0.3) is 0 Å². The Kier molecular flexibility index (Phi) is 11.1. The lowest BCUT2D eigenvalue weighted by Gasteiger charge is -2.27. The van der Waals surface area contributed by atoms with Gasteiger partial charge in [0.25, 0.3) is 0 Å². The van der Waals surface area contributed by atoms with Crippen molar-refractivity contribution >= 4 is 45.1 Å². The van der Waals surface area contributed by atoms with Gasteiger partial charge in [-0.25, -0.2) is 13.7 Å². The molecule has 184 valence electrons. The van der Waals surface area contributed by atoms with Gasteiger partial charge >= 0.3 is 23.5 Å². The third-order valence-corrected chi connectivity index (χ3v) is 10.6. The molecule has 1 saturated carbocycles. The van der Waals surface area contributed by atoms with Crippen LogP contribution in [-0.2, 0) is 36.3 Å². The molecule has 1 saturated heterocycles. The third-order valence-electron chi connectivity index (χ3n) is 4.82. The maximum atomic E-state index is 12.0. The van der Waals surface area contributed by atoms with Crippen LogP contribution in [0, 0.1) is 5.92 Å². The quantitative estimate of drug-likeness (QED) is 0.158. The first kappa shape index (κ1) is 28.3. The van der Waals surface area contributed by atoms with Crippen molar-refractivity contribution in [1.29, 1.82) is 0 Å². The van der Waals surface area contributed by atoms with Gasteiger partial charge in [-0.2, -0.15) is 8.62 Å². The van der Waals surface area contributed by atoms with Crippen molar-refractivity contribution in [3.8, 4) is 0 Å². The van der Waals surface area contributed by atoms with Gasteiger partial charge in [0.05, 0.1) is 18.8 Å². The second kappa shape index (κ2) is 12.1. The molecule has 1 aliphatic carbocycles. The summed E-state index contributed by atoms with van der Waals surface area (Å²) in [5.74, 6) is 0.347. The maximum Gasteiger partial charge on any atom is 0.490 e. The molecule has 2 aliphatic rings. The zero-order valence-corrected chi connectivity index (χ0v) is 21.4. The van der Waals surface area contributed by atoms with Crippen molar-refractivity contribution < 1.29 is 55.9 Å². The molecule has 0 aromatic heterocycles. The van der Waals surface area contributed by atoms with Gasteiger partial charge in [0.2, 0.25) is 0 Å². The summed E-state index contributed by atoms with van der Waals surface area (Å²) in [6.45, 7) is 1.38. The molecule has 6 atom stereocenters. The minimum atomic E-state index is -5.56. The van der Waals surface area contributed by atoms with E-state index in [4.69, 9.17) is 23.8 Å². The average Bonchev–Trinajstić information content (AvgIpc) is 3.00. The van der Waals surface area contributed by atoms with E-state index in [0.717, 1.165) is 25.7 Å². The molecule has 4 N–H and O–H groups in total. The Morgan fingerprint density at radius 1 is 1.03 bits per heavy atom. The van der Waals surface area contributed by atoms with Crippen molar-refractivity contribution in [3.63, 3.8) is 0 Å². The number of hydrogen-bond acceptors (Lipinski definition) is 10. The van der Waals surface area contributed by atoms with E-state index < -0.39 is 42.3 Å². The fourth-order valence-electron chi connectivity index (χ4n) is 3.72. The van der Waals surface area contributed by atoms with Crippen LogP contribution in [0.3, 0.4) is 0 Å². The largest absolute Gasteiger partial charge is 0.490 e. The lowest BCUT2D eigenvalue weighted by Crippen LogP contribution is -2.31. The van der Waals surface area contributed by atoms with Crippen molar-refractivity contribution in [2.75, 3.05) is 12.9 Å². The highest BCUT2D eigenvalue weighted by Gasteiger charge is 2.44. The molecule has 17 heteroatoms. The van der Waals surface area contributed by atoms with Gasteiger partial charge in [-0.3, -0.25) is 4.52 Å². The van der Waals surface area contributed by atoms with Gasteiger partial charge in [0, 0.05) is 6.42 Å². The van der Waals surface area contributed by atoms with Crippen LogP contribution in [0.2, 0.25) is 0 Å². The van der Waals surface area contributed by atoms with E-state index in [1.807, 2.05) is 13.2 Å². The van der Waals surface area contributed by atoms with Crippen molar-refractivity contribution in [2.45, 2.75) is 69.2 Å². The Morgan fingerprint density at radius 2 is 1.68 bits per heavy atom. The minimum absolute atomic E-state index is 0.105. The summed E-state index contributed by atoms with van der Waals surface area (Å²) in [5, 5.41) is 0. The van der Waals surface area contributed by atoms with Crippen LogP contribution in [0.1, 0.15) is 45.4 Å². The molecule has 0 aromatic carbocycles. The molecule has 0 amide bonds. The van der Waals surface area contributed by atoms with Gasteiger partial charge in [-0.1, -0.05) is 40.9 Å². The summed E-state index contributed by atoms with van der Waals surface area (Å²) in [6.07, 6.45) is 6.66. The highest BCUT2D eigenvalue weighted by molar-refractivity contribution is 8.76.